The highest BCUT2D eigenvalue weighted by Gasteiger charge is 2.49. The van der Waals surface area contributed by atoms with E-state index in [0.29, 0.717) is 29.6 Å². The zero-order valence-electron chi connectivity index (χ0n) is 34.3. The maximum absolute atomic E-state index is 6.03. The van der Waals surface area contributed by atoms with Crippen LogP contribution in [0.5, 0.6) is 0 Å². The minimum absolute atomic E-state index is 0.105. The Hall–Kier alpha value is -0.320. The van der Waals surface area contributed by atoms with Gasteiger partial charge in [-0.2, -0.15) is 19.6 Å². The minimum atomic E-state index is -0.876. The van der Waals surface area contributed by atoms with E-state index in [9.17, 15) is 0 Å². The van der Waals surface area contributed by atoms with Crippen molar-refractivity contribution in [3.63, 3.8) is 0 Å². The van der Waals surface area contributed by atoms with Gasteiger partial charge in [-0.05, 0) is 110 Å². The summed E-state index contributed by atoms with van der Waals surface area (Å²) in [6.45, 7) is 40.1. The largest absolute Gasteiger partial charge is 0.234 e. The maximum Gasteiger partial charge on any atom is 0.234 e. The second-order valence-electron chi connectivity index (χ2n) is 18.9. The summed E-state index contributed by atoms with van der Waals surface area (Å²) in [6.07, 6.45) is 7.59. The van der Waals surface area contributed by atoms with Gasteiger partial charge in [-0.1, -0.05) is 82.6 Å². The molecule has 1 unspecified atom stereocenters. The highest BCUT2D eigenvalue weighted by atomic mass is 17.3. The lowest BCUT2D eigenvalue weighted by Crippen LogP contribution is -2.50. The fourth-order valence-electron chi connectivity index (χ4n) is 4.95. The van der Waals surface area contributed by atoms with Crippen LogP contribution < -0.4 is 0 Å². The number of hydrogen-bond donors (Lipinski definition) is 0. The van der Waals surface area contributed by atoms with E-state index in [-0.39, 0.29) is 16.6 Å². The average Bonchev–Trinajstić information content (AvgIpc) is 2.93. The van der Waals surface area contributed by atoms with Crippen LogP contribution >= 0.6 is 0 Å². The molecule has 8 heteroatoms. The first-order valence-corrected chi connectivity index (χ1v) is 18.6. The Bertz CT molecular complexity index is 847. The molecule has 0 N–H and O–H groups in total. The molecule has 2 fully saturated rings. The molecule has 2 rings (SSSR count). The van der Waals surface area contributed by atoms with E-state index in [0.717, 1.165) is 44.9 Å². The predicted molar refractivity (Wildman–Crippen MR) is 190 cm³/mol. The molecular formula is C39H78O8. The molecule has 282 valence electrons. The van der Waals surface area contributed by atoms with E-state index in [2.05, 4.69) is 76.2 Å². The first kappa shape index (κ1) is 44.7. The molecule has 0 amide bonds. The van der Waals surface area contributed by atoms with Crippen molar-refractivity contribution in [3.8, 4) is 0 Å². The van der Waals surface area contributed by atoms with Crippen LogP contribution in [0, 0.1) is 35.0 Å². The van der Waals surface area contributed by atoms with Crippen molar-refractivity contribution < 1.29 is 39.1 Å². The van der Waals surface area contributed by atoms with Crippen molar-refractivity contribution in [3.05, 3.63) is 0 Å². The van der Waals surface area contributed by atoms with Crippen LogP contribution in [0.3, 0.4) is 0 Å². The van der Waals surface area contributed by atoms with Crippen LogP contribution in [0.15, 0.2) is 0 Å². The molecule has 0 aromatic rings. The summed E-state index contributed by atoms with van der Waals surface area (Å²) in [7, 11) is 0. The van der Waals surface area contributed by atoms with Crippen LogP contribution in [0.1, 0.15) is 183 Å². The molecule has 47 heavy (non-hydrogen) atoms. The lowest BCUT2D eigenvalue weighted by molar-refractivity contribution is -0.557. The summed E-state index contributed by atoms with van der Waals surface area (Å²) in [4.78, 5) is 47.0. The van der Waals surface area contributed by atoms with Crippen LogP contribution in [-0.2, 0) is 39.1 Å². The van der Waals surface area contributed by atoms with Gasteiger partial charge in [-0.25, -0.2) is 19.6 Å². The summed E-state index contributed by atoms with van der Waals surface area (Å²) in [5.41, 5.74) is -1.40. The molecule has 2 aliphatic carbocycles. The first-order valence-electron chi connectivity index (χ1n) is 18.6. The Morgan fingerprint density at radius 1 is 0.468 bits per heavy atom. The zero-order valence-corrected chi connectivity index (χ0v) is 34.3. The Balaban J connectivity index is 0.000000474. The van der Waals surface area contributed by atoms with Gasteiger partial charge >= 0.3 is 0 Å². The van der Waals surface area contributed by atoms with Crippen LogP contribution in [-0.4, -0.2) is 34.0 Å². The fourth-order valence-corrected chi connectivity index (χ4v) is 4.95. The molecule has 0 spiro atoms. The molecule has 2 aliphatic rings. The standard InChI is InChI=1S/C21H42O4.C18H36O4/c1-15(2)19(8,9)22-24-21(25-23-20(10,11)16(3)4)13-17(5)12-18(6,7)14-21;1-14(2)16(5,6)19-21-18(12-10-9-11-13-18)22-20-17(7,8)15(3)4/h15-17H,12-14H2,1-11H3;14-15H,9-13H2,1-8H3. The van der Waals surface area contributed by atoms with E-state index < -0.39 is 22.8 Å². The lowest BCUT2D eigenvalue weighted by atomic mass is 9.70. The number of hydrogen-bond acceptors (Lipinski definition) is 8. The van der Waals surface area contributed by atoms with Crippen LogP contribution in [0.4, 0.5) is 0 Å². The van der Waals surface area contributed by atoms with Crippen molar-refractivity contribution in [2.24, 2.45) is 35.0 Å². The van der Waals surface area contributed by atoms with Gasteiger partial charge in [0.2, 0.25) is 11.6 Å². The van der Waals surface area contributed by atoms with Gasteiger partial charge in [0.1, 0.15) is 22.4 Å². The average molecular weight is 675 g/mol. The SMILES string of the molecule is CC(C)C(C)(C)OOC1(OOC(C)(C)C(C)C)CCCCC1.CC1CC(C)(C)CC(OOC(C)(C)C(C)C)(OOC(C)(C)C(C)C)C1. The summed E-state index contributed by atoms with van der Waals surface area (Å²) in [5.74, 6) is 0.163. The van der Waals surface area contributed by atoms with Gasteiger partial charge in [0.05, 0.1) is 0 Å². The minimum Gasteiger partial charge on any atom is -0.227 e. The van der Waals surface area contributed by atoms with Gasteiger partial charge in [-0.15, -0.1) is 0 Å². The van der Waals surface area contributed by atoms with Gasteiger partial charge in [-0.3, -0.25) is 0 Å². The predicted octanol–water partition coefficient (Wildman–Crippen LogP) is 11.7. The Morgan fingerprint density at radius 3 is 1.04 bits per heavy atom. The zero-order chi connectivity index (χ0) is 36.7. The van der Waals surface area contributed by atoms with E-state index in [1.165, 1.54) is 6.42 Å². The molecule has 8 nitrogen and oxygen atoms in total. The van der Waals surface area contributed by atoms with Gasteiger partial charge in [0, 0.05) is 25.7 Å². The molecule has 0 bridgehead atoms. The number of rotatable bonds is 16. The molecule has 1 atom stereocenters. The fraction of sp³-hybridized carbons (Fsp3) is 1.00. The third-order valence-electron chi connectivity index (χ3n) is 11.1. The third kappa shape index (κ3) is 14.4. The highest BCUT2D eigenvalue weighted by Crippen LogP contribution is 2.48. The van der Waals surface area contributed by atoms with Crippen molar-refractivity contribution in [1.29, 1.82) is 0 Å². The molecule has 0 radical (unpaired) electrons. The third-order valence-corrected chi connectivity index (χ3v) is 11.1. The van der Waals surface area contributed by atoms with E-state index in [1.54, 1.807) is 0 Å². The molecular weight excluding hydrogens is 596 g/mol. The van der Waals surface area contributed by atoms with Gasteiger partial charge in [0.15, 0.2) is 0 Å². The first-order chi connectivity index (χ1) is 21.1. The van der Waals surface area contributed by atoms with Gasteiger partial charge in [0.25, 0.3) is 0 Å². The normalized spacial score (nSPS) is 22.1. The Morgan fingerprint density at radius 2 is 0.766 bits per heavy atom. The van der Waals surface area contributed by atoms with Crippen LogP contribution in [0.2, 0.25) is 0 Å². The van der Waals surface area contributed by atoms with E-state index in [1.807, 2.05) is 55.4 Å². The Labute approximate surface area is 290 Å². The molecule has 0 aromatic carbocycles. The molecule has 0 aromatic heterocycles. The second-order valence-corrected chi connectivity index (χ2v) is 18.9. The molecule has 2 saturated carbocycles. The van der Waals surface area contributed by atoms with E-state index >= 15 is 0 Å². The molecule has 0 heterocycles. The topological polar surface area (TPSA) is 73.8 Å². The van der Waals surface area contributed by atoms with Crippen molar-refractivity contribution >= 4 is 0 Å². The van der Waals surface area contributed by atoms with Crippen molar-refractivity contribution in [1.82, 2.24) is 0 Å². The van der Waals surface area contributed by atoms with Crippen molar-refractivity contribution in [2.75, 3.05) is 0 Å². The molecule has 0 saturated heterocycles. The Kier molecular flexibility index (Phi) is 16.4. The second kappa shape index (κ2) is 17.3. The highest BCUT2D eigenvalue weighted by molar-refractivity contribution is 4.89. The summed E-state index contributed by atoms with van der Waals surface area (Å²) in [6, 6.07) is 0. The summed E-state index contributed by atoms with van der Waals surface area (Å²) in [5, 5.41) is 0. The monoisotopic (exact) mass is 675 g/mol. The van der Waals surface area contributed by atoms with Crippen LogP contribution in [0.25, 0.3) is 0 Å². The lowest BCUT2D eigenvalue weighted by Gasteiger charge is -2.47. The van der Waals surface area contributed by atoms with Crippen molar-refractivity contribution in [2.45, 2.75) is 217 Å². The quantitative estimate of drug-likeness (QED) is 0.0909. The summed E-state index contributed by atoms with van der Waals surface area (Å²) >= 11 is 0. The van der Waals surface area contributed by atoms with Gasteiger partial charge < -0.3 is 0 Å². The maximum atomic E-state index is 6.03. The van der Waals surface area contributed by atoms with E-state index in [4.69, 9.17) is 39.1 Å². The smallest absolute Gasteiger partial charge is 0.227 e. The molecule has 0 aliphatic heterocycles. The summed E-state index contributed by atoms with van der Waals surface area (Å²) < 4.78 is 0.